The van der Waals surface area contributed by atoms with Crippen molar-refractivity contribution in [2.75, 3.05) is 44.3 Å². The van der Waals surface area contributed by atoms with Crippen LogP contribution < -0.4 is 14.4 Å². The number of aryl methyl sites for hydroxylation is 2. The van der Waals surface area contributed by atoms with E-state index in [2.05, 4.69) is 23.8 Å². The topological polar surface area (TPSA) is 85.6 Å². The monoisotopic (exact) mass is 466 g/mol. The van der Waals surface area contributed by atoms with E-state index in [9.17, 15) is 4.79 Å². The summed E-state index contributed by atoms with van der Waals surface area (Å²) in [7, 11) is 1.93. The first-order valence-corrected chi connectivity index (χ1v) is 12.0. The molecule has 1 aromatic carbocycles. The second-order valence-electron chi connectivity index (χ2n) is 8.77. The van der Waals surface area contributed by atoms with Crippen LogP contribution in [0.4, 0.5) is 5.82 Å². The average Bonchev–Trinajstić information content (AvgIpc) is 3.13. The molecule has 1 aliphatic rings. The van der Waals surface area contributed by atoms with Gasteiger partial charge in [-0.2, -0.15) is 5.10 Å². The van der Waals surface area contributed by atoms with Gasteiger partial charge in [0.05, 0.1) is 18.9 Å². The Hall–Kier alpha value is -3.36. The van der Waals surface area contributed by atoms with Crippen LogP contribution in [-0.2, 0) is 7.05 Å². The summed E-state index contributed by atoms with van der Waals surface area (Å²) in [6.45, 7) is 13.7. The molecule has 0 spiro atoms. The zero-order valence-corrected chi connectivity index (χ0v) is 21.0. The average molecular weight is 467 g/mol. The Morgan fingerprint density at radius 2 is 1.71 bits per heavy atom. The third-order valence-electron chi connectivity index (χ3n) is 6.02. The van der Waals surface area contributed by atoms with E-state index in [1.54, 1.807) is 6.07 Å². The Labute approximate surface area is 200 Å². The summed E-state index contributed by atoms with van der Waals surface area (Å²) in [6.07, 6.45) is 0. The molecule has 0 aliphatic carbocycles. The fourth-order valence-electron chi connectivity index (χ4n) is 4.30. The van der Waals surface area contributed by atoms with Crippen LogP contribution in [0.3, 0.4) is 0 Å². The molecule has 9 nitrogen and oxygen atoms in total. The van der Waals surface area contributed by atoms with Gasteiger partial charge in [-0.3, -0.25) is 9.48 Å². The molecule has 1 aliphatic heterocycles. The van der Waals surface area contributed by atoms with Crippen LogP contribution in [-0.4, -0.2) is 69.9 Å². The molecule has 34 heavy (non-hydrogen) atoms. The number of hydrogen-bond donors (Lipinski definition) is 0. The van der Waals surface area contributed by atoms with Crippen molar-refractivity contribution < 1.29 is 14.3 Å². The number of aromatic nitrogens is 4. The number of nitrogens with zero attached hydrogens (tertiary/aromatic N) is 6. The molecule has 4 rings (SSSR count). The minimum atomic E-state index is -0.00395. The van der Waals surface area contributed by atoms with E-state index >= 15 is 0 Å². The lowest BCUT2D eigenvalue weighted by Crippen LogP contribution is -2.49. The van der Waals surface area contributed by atoms with Crippen molar-refractivity contribution in [2.45, 2.75) is 40.5 Å². The highest BCUT2D eigenvalue weighted by molar-refractivity contribution is 5.95. The lowest BCUT2D eigenvalue weighted by molar-refractivity contribution is 0.0746. The van der Waals surface area contributed by atoms with Crippen LogP contribution in [0.2, 0.25) is 0 Å². The van der Waals surface area contributed by atoms with Gasteiger partial charge in [0.1, 0.15) is 16.9 Å². The zero-order valence-electron chi connectivity index (χ0n) is 21.0. The van der Waals surface area contributed by atoms with Gasteiger partial charge in [0, 0.05) is 44.7 Å². The summed E-state index contributed by atoms with van der Waals surface area (Å²) in [4.78, 5) is 27.1. The number of carbonyl (C=O) groups is 1. The van der Waals surface area contributed by atoms with E-state index in [4.69, 9.17) is 19.4 Å². The highest BCUT2D eigenvalue weighted by Crippen LogP contribution is 2.31. The first-order chi connectivity index (χ1) is 16.3. The molecular formula is C25H34N6O3. The Morgan fingerprint density at radius 1 is 1.03 bits per heavy atom. The van der Waals surface area contributed by atoms with Crippen molar-refractivity contribution in [3.05, 3.63) is 35.3 Å². The minimum absolute atomic E-state index is 0.00395. The molecule has 9 heteroatoms. The van der Waals surface area contributed by atoms with Crippen LogP contribution in [0.5, 0.6) is 11.5 Å². The van der Waals surface area contributed by atoms with Crippen molar-refractivity contribution in [1.29, 1.82) is 0 Å². The van der Waals surface area contributed by atoms with E-state index < -0.39 is 0 Å². The molecule has 3 heterocycles. The molecule has 2 aromatic heterocycles. The van der Waals surface area contributed by atoms with Gasteiger partial charge in [-0.25, -0.2) is 9.97 Å². The summed E-state index contributed by atoms with van der Waals surface area (Å²) in [5.74, 6) is 3.18. The number of benzene rings is 1. The lowest BCUT2D eigenvalue weighted by atomic mass is 10.1. The molecule has 0 unspecified atom stereocenters. The number of amides is 1. The summed E-state index contributed by atoms with van der Waals surface area (Å²) in [5, 5.41) is 4.57. The van der Waals surface area contributed by atoms with Gasteiger partial charge in [-0.1, -0.05) is 13.8 Å². The second kappa shape index (κ2) is 9.87. The molecular weight excluding hydrogens is 432 g/mol. The third-order valence-corrected chi connectivity index (χ3v) is 6.02. The van der Waals surface area contributed by atoms with Gasteiger partial charge in [-0.15, -0.1) is 0 Å². The van der Waals surface area contributed by atoms with Crippen LogP contribution >= 0.6 is 0 Å². The Kier molecular flexibility index (Phi) is 6.90. The summed E-state index contributed by atoms with van der Waals surface area (Å²) >= 11 is 0. The van der Waals surface area contributed by atoms with Crippen LogP contribution in [0, 0.1) is 6.92 Å². The Bertz CT molecular complexity index is 1180. The molecule has 0 bridgehead atoms. The summed E-state index contributed by atoms with van der Waals surface area (Å²) < 4.78 is 13.2. The maximum Gasteiger partial charge on any atom is 0.254 e. The molecule has 0 N–H and O–H groups in total. The standard InChI is InChI=1S/C25H34N6O3/c1-7-33-19-10-9-18(15-20(19)34-8-2)25(32)31-13-11-30(12-14-31)24-22-21(17(5)28-29(22)6)26-23(27-24)16(3)4/h9-10,15-16H,7-8,11-14H2,1-6H3. The summed E-state index contributed by atoms with van der Waals surface area (Å²) in [6, 6.07) is 5.40. The molecule has 1 amide bonds. The largest absolute Gasteiger partial charge is 0.490 e. The third kappa shape index (κ3) is 4.51. The van der Waals surface area contributed by atoms with Gasteiger partial charge >= 0.3 is 0 Å². The van der Waals surface area contributed by atoms with Crippen molar-refractivity contribution in [3.63, 3.8) is 0 Å². The van der Waals surface area contributed by atoms with Crippen molar-refractivity contribution in [1.82, 2.24) is 24.6 Å². The zero-order chi connectivity index (χ0) is 24.4. The van der Waals surface area contributed by atoms with E-state index in [0.29, 0.717) is 56.5 Å². The SMILES string of the molecule is CCOc1ccc(C(=O)N2CCN(c3nc(C(C)C)nc4c(C)nn(C)c34)CC2)cc1OCC. The van der Waals surface area contributed by atoms with Gasteiger partial charge in [0.2, 0.25) is 0 Å². The number of piperazine rings is 1. The number of fused-ring (bicyclic) bond motifs is 1. The number of rotatable bonds is 7. The quantitative estimate of drug-likeness (QED) is 0.526. The van der Waals surface area contributed by atoms with Gasteiger partial charge < -0.3 is 19.3 Å². The van der Waals surface area contributed by atoms with Gasteiger partial charge in [0.15, 0.2) is 17.3 Å². The molecule has 1 saturated heterocycles. The van der Waals surface area contributed by atoms with E-state index in [0.717, 1.165) is 28.4 Å². The van der Waals surface area contributed by atoms with E-state index in [-0.39, 0.29) is 11.8 Å². The predicted octanol–water partition coefficient (Wildman–Crippen LogP) is 3.55. The summed E-state index contributed by atoms with van der Waals surface area (Å²) in [5.41, 5.74) is 3.34. The molecule has 0 saturated carbocycles. The normalized spacial score (nSPS) is 14.2. The lowest BCUT2D eigenvalue weighted by Gasteiger charge is -2.36. The number of ether oxygens (including phenoxy) is 2. The Balaban J connectivity index is 1.54. The van der Waals surface area contributed by atoms with Crippen molar-refractivity contribution >= 4 is 22.8 Å². The Morgan fingerprint density at radius 3 is 2.35 bits per heavy atom. The van der Waals surface area contributed by atoms with E-state index in [1.165, 1.54) is 0 Å². The van der Waals surface area contributed by atoms with E-state index in [1.807, 2.05) is 49.5 Å². The number of anilines is 1. The highest BCUT2D eigenvalue weighted by Gasteiger charge is 2.27. The van der Waals surface area contributed by atoms with Crippen LogP contribution in [0.15, 0.2) is 18.2 Å². The number of carbonyl (C=O) groups excluding carboxylic acids is 1. The van der Waals surface area contributed by atoms with Crippen molar-refractivity contribution in [2.24, 2.45) is 7.05 Å². The fraction of sp³-hybridized carbons (Fsp3) is 0.520. The van der Waals surface area contributed by atoms with Gasteiger partial charge in [0.25, 0.3) is 5.91 Å². The molecule has 3 aromatic rings. The predicted molar refractivity (Wildman–Crippen MR) is 132 cm³/mol. The smallest absolute Gasteiger partial charge is 0.254 e. The van der Waals surface area contributed by atoms with Crippen molar-refractivity contribution in [3.8, 4) is 11.5 Å². The van der Waals surface area contributed by atoms with Crippen LogP contribution in [0.25, 0.3) is 11.0 Å². The molecule has 0 radical (unpaired) electrons. The van der Waals surface area contributed by atoms with Crippen LogP contribution in [0.1, 0.15) is 55.5 Å². The molecule has 0 atom stereocenters. The first-order valence-electron chi connectivity index (χ1n) is 12.0. The van der Waals surface area contributed by atoms with Gasteiger partial charge in [-0.05, 0) is 39.0 Å². The minimum Gasteiger partial charge on any atom is -0.490 e. The maximum atomic E-state index is 13.3. The number of hydrogen-bond acceptors (Lipinski definition) is 7. The first kappa shape index (κ1) is 23.8. The fourth-order valence-corrected chi connectivity index (χ4v) is 4.30. The maximum absolute atomic E-state index is 13.3. The second-order valence-corrected chi connectivity index (χ2v) is 8.77. The molecule has 1 fully saturated rings. The highest BCUT2D eigenvalue weighted by atomic mass is 16.5. The molecule has 182 valence electrons.